The maximum absolute atomic E-state index is 10.6. The summed E-state index contributed by atoms with van der Waals surface area (Å²) in [6.45, 7) is 3.80. The third-order valence-corrected chi connectivity index (χ3v) is 4.16. The van der Waals surface area contributed by atoms with Gasteiger partial charge in [0.05, 0.1) is 0 Å². The number of rotatable bonds is 2. The lowest BCUT2D eigenvalue weighted by atomic mass is 9.94. The van der Waals surface area contributed by atoms with Crippen molar-refractivity contribution in [2.24, 2.45) is 0 Å². The molecule has 0 aliphatic carbocycles. The molecule has 84 valence electrons. The van der Waals surface area contributed by atoms with E-state index in [0.29, 0.717) is 5.02 Å². The van der Waals surface area contributed by atoms with Gasteiger partial charge in [-0.15, -0.1) is 11.3 Å². The number of hydrogen-bond donors (Lipinski definition) is 1. The average Bonchev–Trinajstić information content (AvgIpc) is 2.66. The molecule has 1 heterocycles. The number of benzene rings is 1. The molecule has 0 aliphatic rings. The molecule has 1 N–H and O–H groups in total. The minimum atomic E-state index is -1.02. The van der Waals surface area contributed by atoms with Crippen LogP contribution in [-0.2, 0) is 5.60 Å². The summed E-state index contributed by atoms with van der Waals surface area (Å²) in [5, 5.41) is 11.2. The van der Waals surface area contributed by atoms with Gasteiger partial charge in [-0.1, -0.05) is 29.8 Å². The van der Waals surface area contributed by atoms with Crippen molar-refractivity contribution in [1.82, 2.24) is 0 Å². The Morgan fingerprint density at radius 1 is 1.19 bits per heavy atom. The van der Waals surface area contributed by atoms with E-state index in [1.165, 1.54) is 4.88 Å². The van der Waals surface area contributed by atoms with Crippen molar-refractivity contribution in [3.05, 3.63) is 56.7 Å². The minimum absolute atomic E-state index is 0.596. The maximum Gasteiger partial charge on any atom is 0.122 e. The van der Waals surface area contributed by atoms with Crippen LogP contribution in [0.4, 0.5) is 0 Å². The molecule has 0 aliphatic heterocycles. The quantitative estimate of drug-likeness (QED) is 0.858. The van der Waals surface area contributed by atoms with E-state index < -0.39 is 5.60 Å². The topological polar surface area (TPSA) is 20.2 Å². The molecule has 0 radical (unpaired) electrons. The highest BCUT2D eigenvalue weighted by Crippen LogP contribution is 2.36. The van der Waals surface area contributed by atoms with Gasteiger partial charge in [-0.25, -0.2) is 0 Å². The molecular weight excluding hydrogens is 240 g/mol. The van der Waals surface area contributed by atoms with Crippen molar-refractivity contribution in [3.8, 4) is 0 Å². The molecule has 1 atom stereocenters. The molecule has 2 rings (SSSR count). The van der Waals surface area contributed by atoms with E-state index in [1.54, 1.807) is 24.3 Å². The highest BCUT2D eigenvalue weighted by molar-refractivity contribution is 7.12. The second kappa shape index (κ2) is 4.21. The Balaban J connectivity index is 2.50. The standard InChI is InChI=1S/C13H13ClOS/c1-9-7-8-12(16-9)13(2,15)10-5-3-4-6-11(10)14/h3-8,15H,1-2H3. The SMILES string of the molecule is Cc1ccc(C(C)(O)c2ccccc2Cl)s1. The second-order valence-electron chi connectivity index (χ2n) is 3.96. The normalized spacial score (nSPS) is 14.8. The smallest absolute Gasteiger partial charge is 0.122 e. The molecule has 0 saturated carbocycles. The van der Waals surface area contributed by atoms with Gasteiger partial charge in [0.25, 0.3) is 0 Å². The van der Waals surface area contributed by atoms with Crippen molar-refractivity contribution < 1.29 is 5.11 Å². The molecule has 1 nitrogen and oxygen atoms in total. The van der Waals surface area contributed by atoms with Crippen LogP contribution in [0.2, 0.25) is 5.02 Å². The molecule has 0 fully saturated rings. The van der Waals surface area contributed by atoms with Crippen LogP contribution < -0.4 is 0 Å². The third kappa shape index (κ3) is 2.01. The zero-order valence-corrected chi connectivity index (χ0v) is 10.8. The van der Waals surface area contributed by atoms with Crippen molar-refractivity contribution in [3.63, 3.8) is 0 Å². The summed E-state index contributed by atoms with van der Waals surface area (Å²) >= 11 is 7.70. The summed E-state index contributed by atoms with van der Waals surface area (Å²) in [6, 6.07) is 11.4. The molecule has 3 heteroatoms. The third-order valence-electron chi connectivity index (χ3n) is 2.62. The van der Waals surface area contributed by atoms with Gasteiger partial charge >= 0.3 is 0 Å². The van der Waals surface area contributed by atoms with Gasteiger partial charge in [0.2, 0.25) is 0 Å². The number of thiophene rings is 1. The number of hydrogen-bond acceptors (Lipinski definition) is 2. The van der Waals surface area contributed by atoms with Gasteiger partial charge in [0, 0.05) is 20.3 Å². The summed E-state index contributed by atoms with van der Waals surface area (Å²) in [5.74, 6) is 0. The van der Waals surface area contributed by atoms with Crippen molar-refractivity contribution >= 4 is 22.9 Å². The lowest BCUT2D eigenvalue weighted by molar-refractivity contribution is 0.106. The molecule has 1 aromatic carbocycles. The Kier molecular flexibility index (Phi) is 3.06. The monoisotopic (exact) mass is 252 g/mol. The fourth-order valence-electron chi connectivity index (χ4n) is 1.68. The first-order valence-electron chi connectivity index (χ1n) is 5.06. The highest BCUT2D eigenvalue weighted by Gasteiger charge is 2.29. The molecule has 0 amide bonds. The number of halogens is 1. The highest BCUT2D eigenvalue weighted by atomic mass is 35.5. The van der Waals surface area contributed by atoms with Gasteiger partial charge < -0.3 is 5.11 Å². The van der Waals surface area contributed by atoms with E-state index in [2.05, 4.69) is 0 Å². The largest absolute Gasteiger partial charge is 0.380 e. The Morgan fingerprint density at radius 2 is 1.88 bits per heavy atom. The molecule has 1 unspecified atom stereocenters. The first kappa shape index (κ1) is 11.6. The summed E-state index contributed by atoms with van der Waals surface area (Å²) in [5.41, 5.74) is -0.268. The van der Waals surface area contributed by atoms with Gasteiger partial charge in [-0.05, 0) is 32.0 Å². The zero-order chi connectivity index (χ0) is 11.8. The summed E-state index contributed by atoms with van der Waals surface area (Å²) < 4.78 is 0. The van der Waals surface area contributed by atoms with E-state index in [9.17, 15) is 5.11 Å². The van der Waals surface area contributed by atoms with Gasteiger partial charge in [-0.3, -0.25) is 0 Å². The van der Waals surface area contributed by atoms with Crippen LogP contribution in [0.3, 0.4) is 0 Å². The molecule has 1 aromatic heterocycles. The average molecular weight is 253 g/mol. The van der Waals surface area contributed by atoms with Crippen molar-refractivity contribution in [1.29, 1.82) is 0 Å². The molecular formula is C13H13ClOS. The molecule has 0 bridgehead atoms. The van der Waals surface area contributed by atoms with Gasteiger partial charge in [0.1, 0.15) is 5.60 Å². The van der Waals surface area contributed by atoms with Crippen LogP contribution in [-0.4, -0.2) is 5.11 Å². The second-order valence-corrected chi connectivity index (χ2v) is 5.66. The lowest BCUT2D eigenvalue weighted by Crippen LogP contribution is -2.21. The predicted molar refractivity (Wildman–Crippen MR) is 69.2 cm³/mol. The number of aryl methyl sites for hydroxylation is 1. The Bertz CT molecular complexity index is 502. The van der Waals surface area contributed by atoms with E-state index in [1.807, 2.05) is 37.3 Å². The van der Waals surface area contributed by atoms with E-state index >= 15 is 0 Å². The number of aliphatic hydroxyl groups is 1. The molecule has 2 aromatic rings. The fourth-order valence-corrected chi connectivity index (χ4v) is 2.93. The molecule has 0 saturated heterocycles. The molecule has 0 spiro atoms. The van der Waals surface area contributed by atoms with Crippen LogP contribution in [0, 0.1) is 6.92 Å². The Morgan fingerprint density at radius 3 is 2.44 bits per heavy atom. The van der Waals surface area contributed by atoms with Gasteiger partial charge in [-0.2, -0.15) is 0 Å². The van der Waals surface area contributed by atoms with E-state index in [4.69, 9.17) is 11.6 Å². The maximum atomic E-state index is 10.6. The zero-order valence-electron chi connectivity index (χ0n) is 9.20. The van der Waals surface area contributed by atoms with Crippen LogP contribution in [0.1, 0.15) is 22.2 Å². The fraction of sp³-hybridized carbons (Fsp3) is 0.231. The molecule has 16 heavy (non-hydrogen) atoms. The lowest BCUT2D eigenvalue weighted by Gasteiger charge is -2.23. The van der Waals surface area contributed by atoms with Gasteiger partial charge in [0.15, 0.2) is 0 Å². The van der Waals surface area contributed by atoms with Crippen molar-refractivity contribution in [2.75, 3.05) is 0 Å². The van der Waals surface area contributed by atoms with Crippen molar-refractivity contribution in [2.45, 2.75) is 19.4 Å². The Hall–Kier alpha value is -0.830. The first-order valence-corrected chi connectivity index (χ1v) is 6.25. The van der Waals surface area contributed by atoms with E-state index in [-0.39, 0.29) is 0 Å². The van der Waals surface area contributed by atoms with Crippen LogP contribution in [0.25, 0.3) is 0 Å². The van der Waals surface area contributed by atoms with Crippen LogP contribution in [0.5, 0.6) is 0 Å². The van der Waals surface area contributed by atoms with Crippen LogP contribution >= 0.6 is 22.9 Å². The summed E-state index contributed by atoms with van der Waals surface area (Å²) in [6.07, 6.45) is 0. The minimum Gasteiger partial charge on any atom is -0.380 e. The van der Waals surface area contributed by atoms with Crippen LogP contribution in [0.15, 0.2) is 36.4 Å². The summed E-state index contributed by atoms with van der Waals surface area (Å²) in [7, 11) is 0. The Labute approximate surface area is 104 Å². The predicted octanol–water partition coefficient (Wildman–Crippen LogP) is 3.97. The first-order chi connectivity index (χ1) is 7.51. The van der Waals surface area contributed by atoms with E-state index in [0.717, 1.165) is 10.4 Å². The summed E-state index contributed by atoms with van der Waals surface area (Å²) in [4.78, 5) is 2.10.